The lowest BCUT2D eigenvalue weighted by atomic mass is 9.92. The summed E-state index contributed by atoms with van der Waals surface area (Å²) in [4.78, 5) is 11.4. The van der Waals surface area contributed by atoms with Gasteiger partial charge in [-0.25, -0.2) is 4.79 Å². The molecule has 2 rings (SSSR count). The zero-order valence-electron chi connectivity index (χ0n) is 20.4. The van der Waals surface area contributed by atoms with E-state index in [1.807, 2.05) is 39.8 Å². The average molecular weight is 439 g/mol. The molecule has 1 heterocycles. The van der Waals surface area contributed by atoms with Gasteiger partial charge in [-0.05, 0) is 103 Å². The quantitative estimate of drug-likeness (QED) is 0.294. The summed E-state index contributed by atoms with van der Waals surface area (Å²) in [6.45, 7) is 12.1. The average Bonchev–Trinajstić information content (AvgIpc) is 2.71. The molecule has 4 nitrogen and oxygen atoms in total. The zero-order valence-corrected chi connectivity index (χ0v) is 20.4. The molecule has 0 fully saturated rings. The molecule has 0 saturated heterocycles. The van der Waals surface area contributed by atoms with Gasteiger partial charge in [-0.2, -0.15) is 0 Å². The van der Waals surface area contributed by atoms with Crippen LogP contribution in [0.1, 0.15) is 82.9 Å². The highest BCUT2D eigenvalue weighted by Crippen LogP contribution is 2.40. The third-order valence-corrected chi connectivity index (χ3v) is 6.10. The summed E-state index contributed by atoms with van der Waals surface area (Å²) in [5.41, 5.74) is 5.33. The van der Waals surface area contributed by atoms with Gasteiger partial charge in [-0.15, -0.1) is 0 Å². The molecule has 1 unspecified atom stereocenters. The molecule has 1 aromatic carbocycles. The fraction of sp³-hybridized carbons (Fsp3) is 0.464. The largest absolute Gasteiger partial charge is 0.508 e. The third-order valence-electron chi connectivity index (χ3n) is 6.10. The molecule has 0 radical (unpaired) electrons. The van der Waals surface area contributed by atoms with Crippen LogP contribution in [0.2, 0.25) is 0 Å². The Morgan fingerprint density at radius 2 is 1.72 bits per heavy atom. The van der Waals surface area contributed by atoms with E-state index in [9.17, 15) is 15.0 Å². The van der Waals surface area contributed by atoms with Gasteiger partial charge in [0.05, 0.1) is 0 Å². The second kappa shape index (κ2) is 11.2. The maximum Gasteiger partial charge on any atom is 0.331 e. The number of carboxylic acids is 1. The number of hydrogen-bond acceptors (Lipinski definition) is 3. The number of aliphatic carboxylic acids is 1. The van der Waals surface area contributed by atoms with Crippen LogP contribution in [0.5, 0.6) is 11.5 Å². The van der Waals surface area contributed by atoms with E-state index < -0.39 is 5.97 Å². The Bertz CT molecular complexity index is 958. The van der Waals surface area contributed by atoms with Gasteiger partial charge in [0.1, 0.15) is 17.1 Å². The highest BCUT2D eigenvalue weighted by molar-refractivity contribution is 5.86. The van der Waals surface area contributed by atoms with Crippen molar-refractivity contribution < 1.29 is 19.7 Å². The Morgan fingerprint density at radius 1 is 1.03 bits per heavy atom. The molecule has 2 N–H and O–H groups in total. The summed E-state index contributed by atoms with van der Waals surface area (Å²) in [6, 6.07) is 1.76. The predicted octanol–water partition coefficient (Wildman–Crippen LogP) is 7.44. The first-order chi connectivity index (χ1) is 15.0. The van der Waals surface area contributed by atoms with E-state index in [0.29, 0.717) is 17.7 Å². The topological polar surface area (TPSA) is 66.8 Å². The number of phenols is 1. The van der Waals surface area contributed by atoms with Crippen LogP contribution >= 0.6 is 0 Å². The van der Waals surface area contributed by atoms with Crippen molar-refractivity contribution in [3.8, 4) is 11.5 Å². The SMILES string of the molecule is CC(C)=CCC/C(=C/CC/C(C)=C/CCC1(C)C=Cc2cc(O)c(C)c(C)c2O1)C(=O)O. The van der Waals surface area contributed by atoms with Crippen molar-refractivity contribution in [1.29, 1.82) is 0 Å². The van der Waals surface area contributed by atoms with Gasteiger partial charge in [0.2, 0.25) is 0 Å². The number of carboxylic acid groups (broad SMARTS) is 1. The van der Waals surface area contributed by atoms with Crippen LogP contribution in [-0.2, 0) is 4.79 Å². The maximum absolute atomic E-state index is 11.4. The Balaban J connectivity index is 1.91. The standard InChI is InChI=1S/C28H38O4/c1-19(2)10-7-13-23(27(30)31)14-8-11-20(3)12-9-16-28(6)17-15-24-18-25(29)21(4)22(5)26(24)32-28/h10,12,14-15,17-18,29H,7-9,11,13,16H2,1-6H3,(H,30,31)/b20-12+,23-14-. The number of carbonyl (C=O) groups is 1. The van der Waals surface area contributed by atoms with Crippen molar-refractivity contribution in [3.05, 3.63) is 63.8 Å². The van der Waals surface area contributed by atoms with Crippen LogP contribution in [0.15, 0.2) is 47.1 Å². The van der Waals surface area contributed by atoms with Gasteiger partial charge < -0.3 is 14.9 Å². The molecule has 1 aliphatic rings. The number of ether oxygens (including phenoxy) is 1. The number of allylic oxidation sites excluding steroid dienone is 5. The number of fused-ring (bicyclic) bond motifs is 1. The van der Waals surface area contributed by atoms with Crippen LogP contribution in [0.3, 0.4) is 0 Å². The van der Waals surface area contributed by atoms with Crippen LogP contribution in [0.4, 0.5) is 0 Å². The fourth-order valence-electron chi connectivity index (χ4n) is 3.82. The van der Waals surface area contributed by atoms with E-state index in [0.717, 1.165) is 54.5 Å². The number of phenolic OH excluding ortho intramolecular Hbond substituents is 1. The zero-order chi connectivity index (χ0) is 23.9. The summed E-state index contributed by atoms with van der Waals surface area (Å²) < 4.78 is 6.35. The van der Waals surface area contributed by atoms with E-state index in [-0.39, 0.29) is 5.60 Å². The summed E-state index contributed by atoms with van der Waals surface area (Å²) in [6.07, 6.45) is 14.9. The summed E-state index contributed by atoms with van der Waals surface area (Å²) >= 11 is 0. The third kappa shape index (κ3) is 7.15. The molecule has 0 aromatic heterocycles. The van der Waals surface area contributed by atoms with E-state index in [2.05, 4.69) is 32.1 Å². The van der Waals surface area contributed by atoms with Gasteiger partial charge in [-0.1, -0.05) is 35.5 Å². The number of rotatable bonds is 10. The van der Waals surface area contributed by atoms with E-state index in [1.165, 1.54) is 11.1 Å². The smallest absolute Gasteiger partial charge is 0.331 e. The molecule has 174 valence electrons. The summed E-state index contributed by atoms with van der Waals surface area (Å²) in [5, 5.41) is 19.5. The molecule has 32 heavy (non-hydrogen) atoms. The molecular weight excluding hydrogens is 400 g/mol. The monoisotopic (exact) mass is 438 g/mol. The Labute approximate surface area is 193 Å². The first-order valence-electron chi connectivity index (χ1n) is 11.4. The molecule has 1 atom stereocenters. The lowest BCUT2D eigenvalue weighted by Crippen LogP contribution is -2.32. The van der Waals surface area contributed by atoms with Gasteiger partial charge in [-0.3, -0.25) is 0 Å². The minimum atomic E-state index is -0.818. The number of aromatic hydroxyl groups is 1. The molecule has 0 aliphatic carbocycles. The summed E-state index contributed by atoms with van der Waals surface area (Å²) in [7, 11) is 0. The van der Waals surface area contributed by atoms with Crippen molar-refractivity contribution in [2.24, 2.45) is 0 Å². The van der Waals surface area contributed by atoms with Gasteiger partial charge >= 0.3 is 5.97 Å². The lowest BCUT2D eigenvalue weighted by Gasteiger charge is -2.33. The molecule has 0 spiro atoms. The highest BCUT2D eigenvalue weighted by atomic mass is 16.5. The molecule has 0 saturated carbocycles. The van der Waals surface area contributed by atoms with E-state index in [1.54, 1.807) is 6.07 Å². The van der Waals surface area contributed by atoms with Crippen molar-refractivity contribution in [1.82, 2.24) is 0 Å². The number of hydrogen-bond donors (Lipinski definition) is 2. The Morgan fingerprint density at radius 3 is 2.38 bits per heavy atom. The normalized spacial score (nSPS) is 18.2. The number of benzene rings is 1. The minimum Gasteiger partial charge on any atom is -0.508 e. The van der Waals surface area contributed by atoms with Gasteiger partial charge in [0, 0.05) is 11.1 Å². The van der Waals surface area contributed by atoms with E-state index in [4.69, 9.17) is 4.74 Å². The Hall–Kier alpha value is -2.75. The molecule has 1 aromatic rings. The Kier molecular flexibility index (Phi) is 8.94. The predicted molar refractivity (Wildman–Crippen MR) is 132 cm³/mol. The minimum absolute atomic E-state index is 0.300. The first kappa shape index (κ1) is 25.5. The van der Waals surface area contributed by atoms with Crippen LogP contribution < -0.4 is 4.74 Å². The van der Waals surface area contributed by atoms with Crippen LogP contribution in [-0.4, -0.2) is 21.8 Å². The first-order valence-corrected chi connectivity index (χ1v) is 11.4. The van der Waals surface area contributed by atoms with Gasteiger partial charge in [0.25, 0.3) is 0 Å². The van der Waals surface area contributed by atoms with E-state index >= 15 is 0 Å². The molecule has 4 heteroatoms. The fourth-order valence-corrected chi connectivity index (χ4v) is 3.82. The van der Waals surface area contributed by atoms with Crippen molar-refractivity contribution in [3.63, 3.8) is 0 Å². The second-order valence-corrected chi connectivity index (χ2v) is 9.29. The maximum atomic E-state index is 11.4. The van der Waals surface area contributed by atoms with Crippen LogP contribution in [0, 0.1) is 13.8 Å². The second-order valence-electron chi connectivity index (χ2n) is 9.29. The molecular formula is C28H38O4. The van der Waals surface area contributed by atoms with Crippen molar-refractivity contribution in [2.45, 2.75) is 85.7 Å². The molecule has 0 bridgehead atoms. The summed E-state index contributed by atoms with van der Waals surface area (Å²) in [5.74, 6) is 0.334. The van der Waals surface area contributed by atoms with Crippen molar-refractivity contribution >= 4 is 12.0 Å². The highest BCUT2D eigenvalue weighted by Gasteiger charge is 2.28. The van der Waals surface area contributed by atoms with Crippen molar-refractivity contribution in [2.75, 3.05) is 0 Å². The molecule has 1 aliphatic heterocycles. The molecule has 0 amide bonds. The van der Waals surface area contributed by atoms with Crippen LogP contribution in [0.25, 0.3) is 6.08 Å². The van der Waals surface area contributed by atoms with Gasteiger partial charge in [0.15, 0.2) is 0 Å². The lowest BCUT2D eigenvalue weighted by molar-refractivity contribution is -0.132.